The van der Waals surface area contributed by atoms with Crippen molar-refractivity contribution >= 4 is 11.6 Å². The fraction of sp³-hybridized carbons (Fsp3) is 0.250. The van der Waals surface area contributed by atoms with Gasteiger partial charge in [-0.15, -0.1) is 0 Å². The number of rotatable bonds is 3. The molecular formula is C16H12ClF3O2. The first-order valence-corrected chi connectivity index (χ1v) is 7.02. The SMILES string of the molecule is CC1OC1c1ccc(Oc2ccc(Cl)cc2)cc1C(F)(F)F. The van der Waals surface area contributed by atoms with Crippen molar-refractivity contribution in [3.8, 4) is 11.5 Å². The Bertz CT molecular complexity index is 683. The molecule has 0 aromatic heterocycles. The number of hydrogen-bond acceptors (Lipinski definition) is 2. The molecule has 116 valence electrons. The lowest BCUT2D eigenvalue weighted by atomic mass is 10.0. The van der Waals surface area contributed by atoms with Gasteiger partial charge >= 0.3 is 6.18 Å². The molecule has 0 bridgehead atoms. The van der Waals surface area contributed by atoms with Crippen LogP contribution in [0.4, 0.5) is 13.2 Å². The van der Waals surface area contributed by atoms with Gasteiger partial charge in [0.25, 0.3) is 0 Å². The van der Waals surface area contributed by atoms with Crippen LogP contribution < -0.4 is 4.74 Å². The van der Waals surface area contributed by atoms with Crippen LogP contribution in [0.15, 0.2) is 42.5 Å². The van der Waals surface area contributed by atoms with Crippen LogP contribution in [0.1, 0.15) is 24.2 Å². The summed E-state index contributed by atoms with van der Waals surface area (Å²) >= 11 is 5.76. The van der Waals surface area contributed by atoms with Crippen molar-refractivity contribution in [2.75, 3.05) is 0 Å². The molecule has 2 nitrogen and oxygen atoms in total. The Morgan fingerprint density at radius 2 is 1.64 bits per heavy atom. The van der Waals surface area contributed by atoms with E-state index in [-0.39, 0.29) is 17.4 Å². The van der Waals surface area contributed by atoms with Gasteiger partial charge in [0.15, 0.2) is 0 Å². The minimum Gasteiger partial charge on any atom is -0.457 e. The number of benzene rings is 2. The summed E-state index contributed by atoms with van der Waals surface area (Å²) in [6.07, 6.45) is -5.15. The molecule has 2 atom stereocenters. The molecule has 1 heterocycles. The molecule has 0 amide bonds. The highest BCUT2D eigenvalue weighted by molar-refractivity contribution is 6.30. The quantitative estimate of drug-likeness (QED) is 0.683. The predicted octanol–water partition coefficient (Wildman–Crippen LogP) is 5.61. The summed E-state index contributed by atoms with van der Waals surface area (Å²) in [5, 5.41) is 0.526. The van der Waals surface area contributed by atoms with Crippen LogP contribution in [0.25, 0.3) is 0 Å². The summed E-state index contributed by atoms with van der Waals surface area (Å²) in [7, 11) is 0. The Morgan fingerprint density at radius 1 is 1.05 bits per heavy atom. The van der Waals surface area contributed by atoms with Crippen LogP contribution >= 0.6 is 11.6 Å². The summed E-state index contributed by atoms with van der Waals surface area (Å²) in [6.45, 7) is 1.74. The number of alkyl halides is 3. The van der Waals surface area contributed by atoms with E-state index in [0.29, 0.717) is 10.8 Å². The fourth-order valence-electron chi connectivity index (χ4n) is 2.24. The Labute approximate surface area is 130 Å². The maximum absolute atomic E-state index is 13.2. The summed E-state index contributed by atoms with van der Waals surface area (Å²) in [5.41, 5.74) is -0.586. The average molecular weight is 329 g/mol. The van der Waals surface area contributed by atoms with Crippen molar-refractivity contribution < 1.29 is 22.6 Å². The number of hydrogen-bond donors (Lipinski definition) is 0. The maximum Gasteiger partial charge on any atom is 0.416 e. The second kappa shape index (κ2) is 5.48. The molecule has 6 heteroatoms. The normalized spacial score (nSPS) is 20.8. The third kappa shape index (κ3) is 3.20. The van der Waals surface area contributed by atoms with Crippen molar-refractivity contribution in [2.45, 2.75) is 25.3 Å². The third-order valence-electron chi connectivity index (χ3n) is 3.40. The van der Waals surface area contributed by atoms with E-state index in [4.69, 9.17) is 21.1 Å². The van der Waals surface area contributed by atoms with Gasteiger partial charge in [-0.05, 0) is 48.9 Å². The standard InChI is InChI=1S/C16H12ClF3O2/c1-9-15(21-9)13-7-6-12(8-14(13)16(18,19)20)22-11-4-2-10(17)3-5-11/h2-9,15H,1H3. The Balaban J connectivity index is 1.91. The maximum atomic E-state index is 13.2. The zero-order valence-corrected chi connectivity index (χ0v) is 12.3. The van der Waals surface area contributed by atoms with E-state index < -0.39 is 17.8 Å². The molecule has 0 N–H and O–H groups in total. The molecule has 0 radical (unpaired) electrons. The molecule has 1 fully saturated rings. The third-order valence-corrected chi connectivity index (χ3v) is 3.65. The van der Waals surface area contributed by atoms with Gasteiger partial charge in [0.2, 0.25) is 0 Å². The zero-order valence-electron chi connectivity index (χ0n) is 11.5. The predicted molar refractivity (Wildman–Crippen MR) is 76.3 cm³/mol. The minimum atomic E-state index is -4.46. The summed E-state index contributed by atoms with van der Waals surface area (Å²) in [6, 6.07) is 10.3. The molecule has 2 aromatic carbocycles. The molecule has 1 aliphatic rings. The van der Waals surface area contributed by atoms with Gasteiger partial charge in [0.05, 0.1) is 11.7 Å². The molecule has 0 spiro atoms. The van der Waals surface area contributed by atoms with Crippen LogP contribution in [-0.4, -0.2) is 6.10 Å². The van der Waals surface area contributed by atoms with Crippen LogP contribution in [0.5, 0.6) is 11.5 Å². The minimum absolute atomic E-state index is 0.117. The zero-order chi connectivity index (χ0) is 15.9. The molecule has 0 saturated carbocycles. The van der Waals surface area contributed by atoms with Gasteiger partial charge in [-0.25, -0.2) is 0 Å². The lowest BCUT2D eigenvalue weighted by molar-refractivity contribution is -0.138. The molecule has 1 saturated heterocycles. The molecule has 2 unspecified atom stereocenters. The van der Waals surface area contributed by atoms with E-state index in [9.17, 15) is 13.2 Å². The lowest BCUT2D eigenvalue weighted by Crippen LogP contribution is -2.09. The van der Waals surface area contributed by atoms with E-state index in [1.54, 1.807) is 31.2 Å². The number of halogens is 4. The molecular weight excluding hydrogens is 317 g/mol. The first-order chi connectivity index (χ1) is 10.3. The van der Waals surface area contributed by atoms with Crippen LogP contribution in [-0.2, 0) is 10.9 Å². The first-order valence-electron chi connectivity index (χ1n) is 6.64. The van der Waals surface area contributed by atoms with Crippen LogP contribution in [0.2, 0.25) is 5.02 Å². The molecule has 22 heavy (non-hydrogen) atoms. The van der Waals surface area contributed by atoms with Crippen LogP contribution in [0, 0.1) is 0 Å². The topological polar surface area (TPSA) is 21.8 Å². The van der Waals surface area contributed by atoms with Crippen molar-refractivity contribution in [1.82, 2.24) is 0 Å². The average Bonchev–Trinajstić information content (AvgIpc) is 3.17. The second-order valence-corrected chi connectivity index (χ2v) is 5.50. The van der Waals surface area contributed by atoms with Crippen molar-refractivity contribution in [3.05, 3.63) is 58.6 Å². The monoisotopic (exact) mass is 328 g/mol. The molecule has 0 aliphatic carbocycles. The fourth-order valence-corrected chi connectivity index (χ4v) is 2.37. The number of ether oxygens (including phenoxy) is 2. The Hall–Kier alpha value is -1.72. The summed E-state index contributed by atoms with van der Waals surface area (Å²) < 4.78 is 50.2. The highest BCUT2D eigenvalue weighted by Gasteiger charge is 2.43. The van der Waals surface area contributed by atoms with E-state index in [0.717, 1.165) is 6.07 Å². The number of epoxide rings is 1. The second-order valence-electron chi connectivity index (χ2n) is 5.06. The van der Waals surface area contributed by atoms with E-state index in [2.05, 4.69) is 0 Å². The van der Waals surface area contributed by atoms with E-state index in [1.165, 1.54) is 12.1 Å². The highest BCUT2D eigenvalue weighted by Crippen LogP contribution is 2.45. The van der Waals surface area contributed by atoms with Gasteiger partial charge in [-0.2, -0.15) is 13.2 Å². The summed E-state index contributed by atoms with van der Waals surface area (Å²) in [5.74, 6) is 0.535. The van der Waals surface area contributed by atoms with Gasteiger partial charge in [-0.3, -0.25) is 0 Å². The van der Waals surface area contributed by atoms with E-state index in [1.807, 2.05) is 0 Å². The van der Waals surface area contributed by atoms with Crippen molar-refractivity contribution in [3.63, 3.8) is 0 Å². The molecule has 1 aliphatic heterocycles. The first kappa shape index (κ1) is 15.2. The smallest absolute Gasteiger partial charge is 0.416 e. The van der Waals surface area contributed by atoms with Crippen molar-refractivity contribution in [1.29, 1.82) is 0 Å². The Kier molecular flexibility index (Phi) is 3.78. The van der Waals surface area contributed by atoms with Gasteiger partial charge in [0, 0.05) is 5.02 Å². The largest absolute Gasteiger partial charge is 0.457 e. The molecule has 2 aromatic rings. The molecule has 3 rings (SSSR count). The van der Waals surface area contributed by atoms with Gasteiger partial charge in [0.1, 0.15) is 17.6 Å². The highest BCUT2D eigenvalue weighted by atomic mass is 35.5. The van der Waals surface area contributed by atoms with Gasteiger partial charge < -0.3 is 9.47 Å². The van der Waals surface area contributed by atoms with E-state index >= 15 is 0 Å². The Morgan fingerprint density at radius 3 is 2.18 bits per heavy atom. The van der Waals surface area contributed by atoms with Crippen LogP contribution in [0.3, 0.4) is 0 Å². The van der Waals surface area contributed by atoms with Gasteiger partial charge in [-0.1, -0.05) is 17.7 Å². The van der Waals surface area contributed by atoms with Crippen molar-refractivity contribution in [2.24, 2.45) is 0 Å². The summed E-state index contributed by atoms with van der Waals surface area (Å²) in [4.78, 5) is 0. The lowest BCUT2D eigenvalue weighted by Gasteiger charge is -2.14.